The van der Waals surface area contributed by atoms with Crippen molar-refractivity contribution in [2.45, 2.75) is 12.8 Å². The summed E-state index contributed by atoms with van der Waals surface area (Å²) in [5, 5.41) is 17.4. The zero-order valence-corrected chi connectivity index (χ0v) is 19.7. The predicted molar refractivity (Wildman–Crippen MR) is 132 cm³/mol. The van der Waals surface area contributed by atoms with Crippen LogP contribution in [0.3, 0.4) is 0 Å². The molecular formula is C26H26N4O6. The van der Waals surface area contributed by atoms with Gasteiger partial charge in [0.2, 0.25) is 11.8 Å². The number of hydrogen-bond donors (Lipinski definition) is 2. The van der Waals surface area contributed by atoms with Crippen molar-refractivity contribution in [3.8, 4) is 5.75 Å². The Bertz CT molecular complexity index is 1230. The van der Waals surface area contributed by atoms with Gasteiger partial charge in [0, 0.05) is 30.4 Å². The number of ether oxygens (including phenoxy) is 1. The number of amides is 3. The highest BCUT2D eigenvalue weighted by molar-refractivity contribution is 6.06. The third-order valence-electron chi connectivity index (χ3n) is 7.24. The zero-order chi connectivity index (χ0) is 25.4. The van der Waals surface area contributed by atoms with Crippen LogP contribution in [0.5, 0.6) is 5.75 Å². The van der Waals surface area contributed by atoms with E-state index < -0.39 is 10.8 Å². The molecule has 2 fully saturated rings. The molecule has 0 radical (unpaired) electrons. The summed E-state index contributed by atoms with van der Waals surface area (Å²) in [5.74, 6) is -0.138. The van der Waals surface area contributed by atoms with Crippen molar-refractivity contribution >= 4 is 34.8 Å². The molecule has 1 aliphatic heterocycles. The average molecular weight is 491 g/mol. The summed E-state index contributed by atoms with van der Waals surface area (Å²) < 4.78 is 5.09. The Hall–Kier alpha value is -4.21. The fraction of sp³-hybridized carbons (Fsp3) is 0.346. The third kappa shape index (κ3) is 4.19. The molecule has 2 aliphatic carbocycles. The van der Waals surface area contributed by atoms with Crippen molar-refractivity contribution in [3.05, 3.63) is 70.3 Å². The highest BCUT2D eigenvalue weighted by Gasteiger charge is 2.58. The van der Waals surface area contributed by atoms with Crippen LogP contribution in [0.4, 0.5) is 17.1 Å². The SMILES string of the molecule is COc1ccc(NC(=O)c2ccc(NCCCN3C(=O)[C@@H]4[C@H](C3=O)[C@H]3C=C[C@H]4C3)c([N+](=O)[O-])c2)cc1. The summed E-state index contributed by atoms with van der Waals surface area (Å²) in [6, 6.07) is 11.0. The Morgan fingerprint density at radius 2 is 1.75 bits per heavy atom. The molecule has 0 spiro atoms. The van der Waals surface area contributed by atoms with E-state index in [9.17, 15) is 24.5 Å². The van der Waals surface area contributed by atoms with E-state index in [0.29, 0.717) is 24.4 Å². The molecule has 1 heterocycles. The van der Waals surface area contributed by atoms with Crippen molar-refractivity contribution in [2.75, 3.05) is 30.8 Å². The summed E-state index contributed by atoms with van der Waals surface area (Å²) in [6.07, 6.45) is 5.46. The second kappa shape index (κ2) is 9.44. The molecular weight excluding hydrogens is 464 g/mol. The van der Waals surface area contributed by atoms with E-state index in [1.165, 1.54) is 23.1 Å². The van der Waals surface area contributed by atoms with Gasteiger partial charge in [-0.1, -0.05) is 12.2 Å². The van der Waals surface area contributed by atoms with Gasteiger partial charge in [-0.05, 0) is 61.1 Å². The second-order valence-electron chi connectivity index (χ2n) is 9.28. The van der Waals surface area contributed by atoms with E-state index in [4.69, 9.17) is 4.74 Å². The number of methoxy groups -OCH3 is 1. The minimum absolute atomic E-state index is 0.0972. The molecule has 3 amide bonds. The summed E-state index contributed by atoms with van der Waals surface area (Å²) in [7, 11) is 1.54. The molecule has 10 heteroatoms. The highest BCUT2D eigenvalue weighted by Crippen LogP contribution is 2.52. The number of fused-ring (bicyclic) bond motifs is 5. The van der Waals surface area contributed by atoms with E-state index in [1.807, 2.05) is 0 Å². The predicted octanol–water partition coefficient (Wildman–Crippen LogP) is 3.46. The molecule has 4 atom stereocenters. The molecule has 186 valence electrons. The fourth-order valence-corrected chi connectivity index (χ4v) is 5.50. The van der Waals surface area contributed by atoms with Gasteiger partial charge in [0.25, 0.3) is 11.6 Å². The number of hydrogen-bond acceptors (Lipinski definition) is 7. The minimum Gasteiger partial charge on any atom is -0.497 e. The number of imide groups is 1. The van der Waals surface area contributed by atoms with Crippen LogP contribution in [0.2, 0.25) is 0 Å². The van der Waals surface area contributed by atoms with Crippen molar-refractivity contribution in [2.24, 2.45) is 23.7 Å². The number of likely N-dealkylation sites (tertiary alicyclic amines) is 1. The van der Waals surface area contributed by atoms with Crippen molar-refractivity contribution < 1.29 is 24.0 Å². The van der Waals surface area contributed by atoms with Crippen LogP contribution in [0.1, 0.15) is 23.2 Å². The molecule has 2 bridgehead atoms. The van der Waals surface area contributed by atoms with Crippen molar-refractivity contribution in [1.29, 1.82) is 0 Å². The molecule has 36 heavy (non-hydrogen) atoms. The molecule has 2 N–H and O–H groups in total. The van der Waals surface area contributed by atoms with Gasteiger partial charge in [-0.2, -0.15) is 0 Å². The summed E-state index contributed by atoms with van der Waals surface area (Å²) in [4.78, 5) is 50.6. The van der Waals surface area contributed by atoms with E-state index in [2.05, 4.69) is 22.8 Å². The number of anilines is 2. The van der Waals surface area contributed by atoms with Gasteiger partial charge in [0.15, 0.2) is 0 Å². The molecule has 10 nitrogen and oxygen atoms in total. The lowest BCUT2D eigenvalue weighted by atomic mass is 9.85. The maximum Gasteiger partial charge on any atom is 0.293 e. The number of nitrogens with zero attached hydrogens (tertiary/aromatic N) is 2. The number of carbonyl (C=O) groups is 3. The van der Waals surface area contributed by atoms with E-state index >= 15 is 0 Å². The number of benzene rings is 2. The van der Waals surface area contributed by atoms with Crippen LogP contribution in [0.25, 0.3) is 0 Å². The van der Waals surface area contributed by atoms with Crippen LogP contribution in [0, 0.1) is 33.8 Å². The van der Waals surface area contributed by atoms with Gasteiger partial charge >= 0.3 is 0 Å². The van der Waals surface area contributed by atoms with Gasteiger partial charge in [-0.3, -0.25) is 29.4 Å². The topological polar surface area (TPSA) is 131 Å². The number of carbonyl (C=O) groups excluding carboxylic acids is 3. The van der Waals surface area contributed by atoms with Crippen molar-refractivity contribution in [1.82, 2.24) is 4.90 Å². The number of nitro benzene ring substituents is 1. The van der Waals surface area contributed by atoms with Crippen LogP contribution in [-0.2, 0) is 9.59 Å². The number of allylic oxidation sites excluding steroid dienone is 2. The molecule has 2 aromatic rings. The maximum absolute atomic E-state index is 12.8. The lowest BCUT2D eigenvalue weighted by molar-refractivity contribution is -0.384. The standard InChI is InChI=1S/C26H26N4O6/c1-36-19-8-6-18(7-9-19)28-24(31)17-5-10-20(21(14-17)30(34)35)27-11-2-12-29-25(32)22-15-3-4-16(13-15)23(22)26(29)33/h3-10,14-16,22-23,27H,2,11-13H2,1H3,(H,28,31)/t15-,16-,22-,23+/m0/s1. The number of rotatable bonds is 9. The Balaban J connectivity index is 1.18. The summed E-state index contributed by atoms with van der Waals surface area (Å²) in [5.41, 5.74) is 0.706. The molecule has 0 unspecified atom stereocenters. The van der Waals surface area contributed by atoms with Crippen LogP contribution in [-0.4, -0.2) is 47.7 Å². The third-order valence-corrected chi connectivity index (χ3v) is 7.24. The Morgan fingerprint density at radius 3 is 2.36 bits per heavy atom. The molecule has 1 saturated heterocycles. The first kappa shape index (κ1) is 23.5. The van der Waals surface area contributed by atoms with Crippen LogP contribution in [0.15, 0.2) is 54.6 Å². The van der Waals surface area contributed by atoms with Crippen LogP contribution < -0.4 is 15.4 Å². The maximum atomic E-state index is 12.8. The van der Waals surface area contributed by atoms with Crippen molar-refractivity contribution in [3.63, 3.8) is 0 Å². The molecule has 5 rings (SSSR count). The zero-order valence-electron chi connectivity index (χ0n) is 19.7. The van der Waals surface area contributed by atoms with Gasteiger partial charge < -0.3 is 15.4 Å². The monoisotopic (exact) mass is 490 g/mol. The van der Waals surface area contributed by atoms with E-state index in [-0.39, 0.29) is 59.0 Å². The Labute approximate surface area is 207 Å². The highest BCUT2D eigenvalue weighted by atomic mass is 16.6. The normalized spacial score (nSPS) is 23.6. The van der Waals surface area contributed by atoms with Gasteiger partial charge in [-0.15, -0.1) is 0 Å². The first-order chi connectivity index (χ1) is 17.4. The van der Waals surface area contributed by atoms with E-state index in [1.54, 1.807) is 31.4 Å². The quantitative estimate of drug-likeness (QED) is 0.181. The molecule has 0 aromatic heterocycles. The fourth-order valence-electron chi connectivity index (χ4n) is 5.50. The Kier molecular flexibility index (Phi) is 6.17. The second-order valence-corrected chi connectivity index (χ2v) is 9.28. The summed E-state index contributed by atoms with van der Waals surface area (Å²) >= 11 is 0. The number of nitro groups is 1. The first-order valence-corrected chi connectivity index (χ1v) is 11.9. The van der Waals surface area contributed by atoms with Gasteiger partial charge in [-0.25, -0.2) is 0 Å². The number of nitrogens with one attached hydrogen (secondary N) is 2. The summed E-state index contributed by atoms with van der Waals surface area (Å²) in [6.45, 7) is 0.600. The van der Waals surface area contributed by atoms with Gasteiger partial charge in [0.1, 0.15) is 11.4 Å². The molecule has 3 aliphatic rings. The largest absolute Gasteiger partial charge is 0.497 e. The van der Waals surface area contributed by atoms with Gasteiger partial charge in [0.05, 0.1) is 23.9 Å². The first-order valence-electron chi connectivity index (χ1n) is 11.9. The minimum atomic E-state index is -0.552. The smallest absolute Gasteiger partial charge is 0.293 e. The lowest BCUT2D eigenvalue weighted by Gasteiger charge is -2.17. The molecule has 2 aromatic carbocycles. The molecule has 1 saturated carbocycles. The van der Waals surface area contributed by atoms with Crippen LogP contribution >= 0.6 is 0 Å². The Morgan fingerprint density at radius 1 is 1.08 bits per heavy atom. The van der Waals surface area contributed by atoms with E-state index in [0.717, 1.165) is 6.42 Å². The average Bonchev–Trinajstić information content (AvgIpc) is 3.56. The lowest BCUT2D eigenvalue weighted by Crippen LogP contribution is -2.34.